The summed E-state index contributed by atoms with van der Waals surface area (Å²) in [5, 5.41) is 8.18. The highest BCUT2D eigenvalue weighted by Crippen LogP contribution is 2.34. The van der Waals surface area contributed by atoms with Crippen molar-refractivity contribution < 1.29 is 9.59 Å². The van der Waals surface area contributed by atoms with Crippen LogP contribution < -0.4 is 5.32 Å². The van der Waals surface area contributed by atoms with Crippen molar-refractivity contribution in [2.75, 3.05) is 51.6 Å². The number of hydrogen-bond acceptors (Lipinski definition) is 7. The van der Waals surface area contributed by atoms with E-state index in [4.69, 9.17) is 10.1 Å². The molecule has 1 aromatic carbocycles. The lowest BCUT2D eigenvalue weighted by Crippen LogP contribution is -2.50. The van der Waals surface area contributed by atoms with Gasteiger partial charge in [-0.3, -0.25) is 19.8 Å². The number of fused-ring (bicyclic) bond motifs is 1. The Hall–Kier alpha value is -2.82. The Bertz CT molecular complexity index is 1280. The number of amides is 2. The van der Waals surface area contributed by atoms with Gasteiger partial charge in [-0.1, -0.05) is 29.0 Å². The van der Waals surface area contributed by atoms with Crippen molar-refractivity contribution >= 4 is 38.6 Å². The molecule has 9 nitrogen and oxygen atoms in total. The van der Waals surface area contributed by atoms with E-state index in [9.17, 15) is 9.59 Å². The third kappa shape index (κ3) is 5.42. The average Bonchev–Trinajstić information content (AvgIpc) is 3.55. The fourth-order valence-electron chi connectivity index (χ4n) is 5.10. The molecule has 0 saturated carbocycles. The van der Waals surface area contributed by atoms with Crippen LogP contribution in [0.3, 0.4) is 0 Å². The summed E-state index contributed by atoms with van der Waals surface area (Å²) in [6, 6.07) is 7.63. The van der Waals surface area contributed by atoms with E-state index in [0.29, 0.717) is 22.0 Å². The second kappa shape index (κ2) is 10.2. The van der Waals surface area contributed by atoms with Crippen LogP contribution >= 0.6 is 11.3 Å². The number of anilines is 1. The molecule has 37 heavy (non-hydrogen) atoms. The summed E-state index contributed by atoms with van der Waals surface area (Å²) in [4.78, 5) is 38.3. The molecule has 5 rings (SSSR count). The van der Waals surface area contributed by atoms with Crippen LogP contribution in [0.1, 0.15) is 60.0 Å². The number of likely N-dealkylation sites (tertiary alicyclic amines) is 1. The van der Waals surface area contributed by atoms with Gasteiger partial charge in [-0.2, -0.15) is 10.1 Å². The molecule has 2 aliphatic heterocycles. The normalized spacial score (nSPS) is 19.6. The van der Waals surface area contributed by atoms with E-state index in [2.05, 4.69) is 22.2 Å². The van der Waals surface area contributed by atoms with E-state index < -0.39 is 0 Å². The average molecular weight is 524 g/mol. The Kier molecular flexibility index (Phi) is 7.08. The van der Waals surface area contributed by atoms with Crippen LogP contribution in [-0.2, 0) is 5.54 Å². The minimum atomic E-state index is -0.368. The number of likely N-dealkylation sites (N-methyl/N-ethyl adjacent to an activating group) is 1. The molecule has 1 N–H and O–H groups in total. The minimum Gasteiger partial charge on any atom is -0.333 e. The minimum absolute atomic E-state index is 0.0373. The highest BCUT2D eigenvalue weighted by Gasteiger charge is 2.35. The third-order valence-electron chi connectivity index (χ3n) is 7.30. The fourth-order valence-corrected chi connectivity index (χ4v) is 6.01. The first-order valence-corrected chi connectivity index (χ1v) is 13.9. The monoisotopic (exact) mass is 523 g/mol. The molecule has 0 unspecified atom stereocenters. The molecule has 2 aromatic heterocycles. The number of benzene rings is 1. The summed E-state index contributed by atoms with van der Waals surface area (Å²) in [7, 11) is 2.16. The molecular formula is C27H37N7O2S. The molecule has 198 valence electrons. The molecule has 0 spiro atoms. The van der Waals surface area contributed by atoms with E-state index in [1.165, 1.54) is 11.3 Å². The van der Waals surface area contributed by atoms with E-state index in [0.717, 1.165) is 62.4 Å². The number of nitrogens with one attached hydrogen (secondary N) is 1. The second-order valence-electron chi connectivity index (χ2n) is 11.3. The van der Waals surface area contributed by atoms with Crippen molar-refractivity contribution in [3.63, 3.8) is 0 Å². The lowest BCUT2D eigenvalue weighted by Gasteiger charge is -2.36. The molecule has 2 saturated heterocycles. The summed E-state index contributed by atoms with van der Waals surface area (Å²) < 4.78 is 2.54. The largest absolute Gasteiger partial charge is 0.333 e. The SMILES string of the molecule is Cc1ccc(C(=O)Nc2nc3c(s2)c(C(=O)N2CCC[C@H]2CN2CCN(C)CC2)nn3C(C)(C)C)cc1. The van der Waals surface area contributed by atoms with Crippen molar-refractivity contribution in [1.82, 2.24) is 29.5 Å². The van der Waals surface area contributed by atoms with Crippen molar-refractivity contribution in [1.29, 1.82) is 0 Å². The highest BCUT2D eigenvalue weighted by atomic mass is 32.1. The Balaban J connectivity index is 1.41. The van der Waals surface area contributed by atoms with Gasteiger partial charge in [0, 0.05) is 50.9 Å². The first kappa shape index (κ1) is 25.8. The van der Waals surface area contributed by atoms with Gasteiger partial charge in [0.2, 0.25) is 0 Å². The van der Waals surface area contributed by atoms with Gasteiger partial charge in [0.25, 0.3) is 11.8 Å². The van der Waals surface area contributed by atoms with Gasteiger partial charge in [0.1, 0.15) is 4.70 Å². The van der Waals surface area contributed by atoms with E-state index in [1.807, 2.05) is 49.4 Å². The molecule has 0 aliphatic carbocycles. The van der Waals surface area contributed by atoms with Crippen LogP contribution in [0.5, 0.6) is 0 Å². The number of aryl methyl sites for hydroxylation is 1. The Morgan fingerprint density at radius 2 is 1.78 bits per heavy atom. The van der Waals surface area contributed by atoms with Gasteiger partial charge in [0.05, 0.1) is 5.54 Å². The summed E-state index contributed by atoms with van der Waals surface area (Å²) in [5.41, 5.74) is 2.37. The Morgan fingerprint density at radius 1 is 1.08 bits per heavy atom. The van der Waals surface area contributed by atoms with Crippen LogP contribution in [0, 0.1) is 6.92 Å². The smallest absolute Gasteiger partial charge is 0.276 e. The molecule has 2 amide bonds. The summed E-state index contributed by atoms with van der Waals surface area (Å²) in [5.74, 6) is -0.254. The molecule has 0 bridgehead atoms. The van der Waals surface area contributed by atoms with Crippen LogP contribution in [0.2, 0.25) is 0 Å². The first-order valence-electron chi connectivity index (χ1n) is 13.1. The van der Waals surface area contributed by atoms with Gasteiger partial charge in [0.15, 0.2) is 16.5 Å². The lowest BCUT2D eigenvalue weighted by molar-refractivity contribution is 0.0661. The summed E-state index contributed by atoms with van der Waals surface area (Å²) in [6.07, 6.45) is 2.02. The van der Waals surface area contributed by atoms with Gasteiger partial charge >= 0.3 is 0 Å². The van der Waals surface area contributed by atoms with E-state index in [-0.39, 0.29) is 23.4 Å². The molecule has 2 aliphatic rings. The van der Waals surface area contributed by atoms with Gasteiger partial charge in [-0.25, -0.2) is 4.68 Å². The Labute approximate surface area is 222 Å². The zero-order chi connectivity index (χ0) is 26.3. The molecule has 2 fully saturated rings. The predicted octanol–water partition coefficient (Wildman–Crippen LogP) is 3.66. The summed E-state index contributed by atoms with van der Waals surface area (Å²) in [6.45, 7) is 14.0. The quantitative estimate of drug-likeness (QED) is 0.549. The van der Waals surface area contributed by atoms with Crippen molar-refractivity contribution in [2.45, 2.75) is 52.1 Å². The maximum Gasteiger partial charge on any atom is 0.276 e. The number of thiazole rings is 1. The molecule has 3 aromatic rings. The summed E-state index contributed by atoms with van der Waals surface area (Å²) >= 11 is 1.32. The van der Waals surface area contributed by atoms with Gasteiger partial charge < -0.3 is 9.80 Å². The standard InChI is InChI=1S/C27H37N7O2S/c1-18-8-10-19(11-9-18)24(35)29-26-28-23-22(37-26)21(30-34(23)27(2,3)4)25(36)33-12-6-7-20(33)17-32-15-13-31(5)14-16-32/h8-11,20H,6-7,12-17H2,1-5H3,(H,28,29,35)/t20-/m0/s1. The predicted molar refractivity (Wildman–Crippen MR) is 148 cm³/mol. The molecular weight excluding hydrogens is 486 g/mol. The number of rotatable bonds is 5. The third-order valence-corrected chi connectivity index (χ3v) is 8.27. The molecule has 1 atom stereocenters. The highest BCUT2D eigenvalue weighted by molar-refractivity contribution is 7.22. The fraction of sp³-hybridized carbons (Fsp3) is 0.556. The molecule has 0 radical (unpaired) electrons. The van der Waals surface area contributed by atoms with Crippen molar-refractivity contribution in [2.24, 2.45) is 0 Å². The van der Waals surface area contributed by atoms with Gasteiger partial charge in [-0.15, -0.1) is 0 Å². The van der Waals surface area contributed by atoms with Crippen molar-refractivity contribution in [3.8, 4) is 0 Å². The van der Waals surface area contributed by atoms with E-state index >= 15 is 0 Å². The maximum atomic E-state index is 13.9. The Morgan fingerprint density at radius 3 is 2.46 bits per heavy atom. The number of piperazine rings is 1. The zero-order valence-electron chi connectivity index (χ0n) is 22.5. The maximum absolute atomic E-state index is 13.9. The van der Waals surface area contributed by atoms with Crippen LogP contribution in [-0.4, -0.2) is 93.6 Å². The lowest BCUT2D eigenvalue weighted by atomic mass is 10.1. The second-order valence-corrected chi connectivity index (χ2v) is 12.3. The first-order chi connectivity index (χ1) is 17.6. The number of carbonyl (C=O) groups is 2. The van der Waals surface area contributed by atoms with Crippen LogP contribution in [0.25, 0.3) is 10.3 Å². The van der Waals surface area contributed by atoms with Gasteiger partial charge in [-0.05, 0) is 59.7 Å². The van der Waals surface area contributed by atoms with Crippen LogP contribution in [0.4, 0.5) is 5.13 Å². The number of hydrogen-bond donors (Lipinski definition) is 1. The van der Waals surface area contributed by atoms with Crippen LogP contribution in [0.15, 0.2) is 24.3 Å². The number of carbonyl (C=O) groups excluding carboxylic acids is 2. The number of nitrogens with zero attached hydrogens (tertiary/aromatic N) is 6. The topological polar surface area (TPSA) is 86.6 Å². The van der Waals surface area contributed by atoms with E-state index in [1.54, 1.807) is 12.1 Å². The zero-order valence-corrected chi connectivity index (χ0v) is 23.3. The molecule has 10 heteroatoms. The number of aromatic nitrogens is 3. The van der Waals surface area contributed by atoms with Crippen molar-refractivity contribution in [3.05, 3.63) is 41.1 Å². The molecule has 4 heterocycles.